The number of nitrogens with one attached hydrogen (secondary N) is 2. The zero-order valence-corrected chi connectivity index (χ0v) is 22.6. The van der Waals surface area contributed by atoms with Crippen LogP contribution in [0.5, 0.6) is 11.5 Å². The Balaban J connectivity index is 1.80. The van der Waals surface area contributed by atoms with Gasteiger partial charge in [0.15, 0.2) is 11.6 Å². The van der Waals surface area contributed by atoms with Crippen LogP contribution in [0.25, 0.3) is 11.1 Å². The van der Waals surface area contributed by atoms with Crippen molar-refractivity contribution >= 4 is 15.7 Å². The molecule has 3 aromatic carbocycles. The number of nitrogens with zero attached hydrogens (tertiary/aromatic N) is 1. The van der Waals surface area contributed by atoms with Crippen molar-refractivity contribution in [2.75, 3.05) is 24.6 Å². The van der Waals surface area contributed by atoms with E-state index in [4.69, 9.17) is 4.74 Å². The van der Waals surface area contributed by atoms with Gasteiger partial charge in [-0.25, -0.2) is 17.2 Å². The molecule has 0 radical (unpaired) electrons. The van der Waals surface area contributed by atoms with Crippen LogP contribution >= 0.6 is 0 Å². The zero-order valence-electron chi connectivity index (χ0n) is 21.8. The quantitative estimate of drug-likeness (QED) is 0.270. The second kappa shape index (κ2) is 11.8. The van der Waals surface area contributed by atoms with Crippen LogP contribution < -0.4 is 15.0 Å². The Morgan fingerprint density at radius 1 is 0.897 bits per heavy atom. The average Bonchev–Trinajstić information content (AvgIpc) is 2.87. The first-order valence-electron chi connectivity index (χ1n) is 12.2. The van der Waals surface area contributed by atoms with Crippen LogP contribution in [0.3, 0.4) is 0 Å². The fourth-order valence-electron chi connectivity index (χ4n) is 4.08. The number of pyridine rings is 1. The summed E-state index contributed by atoms with van der Waals surface area (Å²) in [6.07, 6.45) is 1.91. The second-order valence-corrected chi connectivity index (χ2v) is 11.4. The molecule has 10 heteroatoms. The maximum atomic E-state index is 14.4. The lowest BCUT2D eigenvalue weighted by Crippen LogP contribution is -2.14. The minimum atomic E-state index is -3.59. The lowest BCUT2D eigenvalue weighted by molar-refractivity contribution is 0.402. The largest absolute Gasteiger partial charge is 0.454 e. The lowest BCUT2D eigenvalue weighted by Gasteiger charge is -2.17. The lowest BCUT2D eigenvalue weighted by atomic mass is 9.95. The molecule has 1 heterocycles. The summed E-state index contributed by atoms with van der Waals surface area (Å²) in [4.78, 5) is 17.0. The number of halogens is 2. The van der Waals surface area contributed by atoms with Gasteiger partial charge in [0, 0.05) is 41.7 Å². The first kappa shape index (κ1) is 28.0. The van der Waals surface area contributed by atoms with Gasteiger partial charge < -0.3 is 14.6 Å². The molecule has 0 amide bonds. The van der Waals surface area contributed by atoms with Crippen LogP contribution in [0.4, 0.5) is 14.5 Å². The number of hydrogen-bond donors (Lipinski definition) is 2. The molecule has 0 saturated heterocycles. The molecule has 204 valence electrons. The van der Waals surface area contributed by atoms with Crippen molar-refractivity contribution in [3.8, 4) is 22.6 Å². The van der Waals surface area contributed by atoms with Gasteiger partial charge >= 0.3 is 0 Å². The van der Waals surface area contributed by atoms with Crippen LogP contribution in [-0.4, -0.2) is 38.1 Å². The van der Waals surface area contributed by atoms with Gasteiger partial charge in [0.2, 0.25) is 15.6 Å². The van der Waals surface area contributed by atoms with E-state index >= 15 is 0 Å². The topological polar surface area (TPSA) is 91.5 Å². The summed E-state index contributed by atoms with van der Waals surface area (Å²) in [7, 11) is 0.391. The zero-order chi connectivity index (χ0) is 28.2. The Morgan fingerprint density at radius 3 is 2.26 bits per heavy atom. The number of rotatable bonds is 10. The highest BCUT2D eigenvalue weighted by atomic mass is 32.2. The summed E-state index contributed by atoms with van der Waals surface area (Å²) in [5, 5.41) is 0. The smallest absolute Gasteiger partial charge is 0.248 e. The maximum Gasteiger partial charge on any atom is 0.248 e. The highest BCUT2D eigenvalue weighted by Gasteiger charge is 2.17. The van der Waals surface area contributed by atoms with Crippen molar-refractivity contribution in [3.63, 3.8) is 0 Å². The molecule has 0 aliphatic carbocycles. The van der Waals surface area contributed by atoms with E-state index in [1.807, 2.05) is 38.4 Å². The Bertz CT molecular complexity index is 1640. The Hall–Kier alpha value is -4.02. The molecule has 0 fully saturated rings. The molecule has 2 N–H and O–H groups in total. The fraction of sp³-hybridized carbons (Fsp3) is 0.207. The summed E-state index contributed by atoms with van der Waals surface area (Å²) in [6, 6.07) is 17.0. The van der Waals surface area contributed by atoms with Crippen molar-refractivity contribution in [3.05, 3.63) is 112 Å². The minimum absolute atomic E-state index is 0.130. The second-order valence-electron chi connectivity index (χ2n) is 9.36. The summed E-state index contributed by atoms with van der Waals surface area (Å²) < 4.78 is 60.7. The van der Waals surface area contributed by atoms with Gasteiger partial charge in [-0.05, 0) is 74.5 Å². The van der Waals surface area contributed by atoms with Gasteiger partial charge in [0.1, 0.15) is 11.6 Å². The minimum Gasteiger partial charge on any atom is -0.454 e. The molecule has 0 unspecified atom stereocenters. The van der Waals surface area contributed by atoms with Gasteiger partial charge in [-0.1, -0.05) is 24.3 Å². The molecule has 7 nitrogen and oxygen atoms in total. The molecule has 0 aliphatic rings. The number of sulfonamides is 1. The number of anilines is 1. The molecule has 1 aromatic heterocycles. The summed E-state index contributed by atoms with van der Waals surface area (Å²) in [6.45, 7) is 2.31. The standard InChI is InChI=1S/C29H29F2N3O4S/c1-4-39(36,37)33-23-10-12-27(38-28-11-9-22(30)15-26(28)31)24(16-23)25-17-32-29(35)14-21(25)13-19-5-7-20(8-6-19)18-34(2)3/h5-12,14-17,33H,4,13,18H2,1-3H3,(H,32,35). The molecule has 39 heavy (non-hydrogen) atoms. The van der Waals surface area contributed by atoms with Gasteiger partial charge in [-0.15, -0.1) is 0 Å². The van der Waals surface area contributed by atoms with Crippen LogP contribution in [0.15, 0.2) is 77.7 Å². The fourth-order valence-corrected chi connectivity index (χ4v) is 4.71. The van der Waals surface area contributed by atoms with Crippen molar-refractivity contribution in [2.24, 2.45) is 0 Å². The number of ether oxygens (including phenoxy) is 1. The molecule has 4 aromatic rings. The maximum absolute atomic E-state index is 14.4. The van der Waals surface area contributed by atoms with E-state index in [0.29, 0.717) is 29.2 Å². The molecule has 0 spiro atoms. The number of aromatic amines is 1. The highest BCUT2D eigenvalue weighted by Crippen LogP contribution is 2.38. The molecular formula is C29H29F2N3O4S. The van der Waals surface area contributed by atoms with Crippen molar-refractivity contribution in [2.45, 2.75) is 19.9 Å². The normalized spacial score (nSPS) is 11.5. The summed E-state index contributed by atoms with van der Waals surface area (Å²) in [5.41, 5.74) is 3.67. The van der Waals surface area contributed by atoms with E-state index in [-0.39, 0.29) is 28.5 Å². The Kier molecular flexibility index (Phi) is 8.47. The van der Waals surface area contributed by atoms with E-state index in [1.54, 1.807) is 6.07 Å². The molecule has 0 saturated carbocycles. The van der Waals surface area contributed by atoms with E-state index in [1.165, 1.54) is 37.4 Å². The van der Waals surface area contributed by atoms with Gasteiger partial charge in [0.05, 0.1) is 5.75 Å². The molecular weight excluding hydrogens is 524 g/mol. The summed E-state index contributed by atoms with van der Waals surface area (Å²) >= 11 is 0. The number of H-pyrrole nitrogens is 1. The average molecular weight is 554 g/mol. The van der Waals surface area contributed by atoms with Crippen molar-refractivity contribution in [1.29, 1.82) is 0 Å². The molecule has 0 aliphatic heterocycles. The van der Waals surface area contributed by atoms with E-state index in [9.17, 15) is 22.0 Å². The molecule has 0 bridgehead atoms. The van der Waals surface area contributed by atoms with Gasteiger partial charge in [0.25, 0.3) is 0 Å². The van der Waals surface area contributed by atoms with Crippen molar-refractivity contribution in [1.82, 2.24) is 9.88 Å². The first-order valence-corrected chi connectivity index (χ1v) is 13.9. The third-order valence-corrected chi connectivity index (χ3v) is 7.27. The highest BCUT2D eigenvalue weighted by molar-refractivity contribution is 7.92. The monoisotopic (exact) mass is 553 g/mol. The van der Waals surface area contributed by atoms with Gasteiger partial charge in [-0.2, -0.15) is 0 Å². The van der Waals surface area contributed by atoms with E-state index in [0.717, 1.165) is 23.7 Å². The number of hydrogen-bond acceptors (Lipinski definition) is 5. The van der Waals surface area contributed by atoms with Crippen LogP contribution in [0.2, 0.25) is 0 Å². The Labute approximate surface area is 226 Å². The predicted octanol–water partition coefficient (Wildman–Crippen LogP) is 5.53. The summed E-state index contributed by atoms with van der Waals surface area (Å²) in [5.74, 6) is -1.79. The third-order valence-electron chi connectivity index (χ3n) is 5.96. The molecule has 4 rings (SSSR count). The predicted molar refractivity (Wildman–Crippen MR) is 149 cm³/mol. The number of benzene rings is 3. The van der Waals surface area contributed by atoms with Crippen LogP contribution in [-0.2, 0) is 23.0 Å². The first-order chi connectivity index (χ1) is 18.5. The van der Waals surface area contributed by atoms with E-state index in [2.05, 4.69) is 14.6 Å². The SMILES string of the molecule is CCS(=O)(=O)Nc1ccc(Oc2ccc(F)cc2F)c(-c2c[nH]c(=O)cc2Cc2ccc(CN(C)C)cc2)c1. The van der Waals surface area contributed by atoms with Crippen molar-refractivity contribution < 1.29 is 21.9 Å². The van der Waals surface area contributed by atoms with E-state index < -0.39 is 21.7 Å². The van der Waals surface area contributed by atoms with Gasteiger partial charge in [-0.3, -0.25) is 9.52 Å². The number of aromatic nitrogens is 1. The third kappa shape index (κ3) is 7.30. The molecule has 0 atom stereocenters. The van der Waals surface area contributed by atoms with Crippen LogP contribution in [0, 0.1) is 11.6 Å². The van der Waals surface area contributed by atoms with Crippen LogP contribution in [0.1, 0.15) is 23.6 Å². The Morgan fingerprint density at radius 2 is 1.59 bits per heavy atom.